The molecule has 5 nitrogen and oxygen atoms in total. The van der Waals surface area contributed by atoms with Gasteiger partial charge in [-0.05, 0) is 12.8 Å². The number of ether oxygens (including phenoxy) is 1. The van der Waals surface area contributed by atoms with E-state index in [1.807, 2.05) is 42.7 Å². The number of benzene rings is 1. The van der Waals surface area contributed by atoms with Crippen LogP contribution in [0.2, 0.25) is 0 Å². The van der Waals surface area contributed by atoms with Crippen molar-refractivity contribution in [3.05, 3.63) is 60.4 Å². The van der Waals surface area contributed by atoms with Crippen molar-refractivity contribution in [2.45, 2.75) is 25.5 Å². The summed E-state index contributed by atoms with van der Waals surface area (Å²) < 4.78 is 8.13. The minimum absolute atomic E-state index is 0.186. The zero-order valence-corrected chi connectivity index (χ0v) is 13.5. The molecule has 5 heteroatoms. The highest BCUT2D eigenvalue weighted by atomic mass is 16.5. The number of aromatic nitrogens is 1. The molecule has 0 atom stereocenters. The molecule has 124 valence electrons. The summed E-state index contributed by atoms with van der Waals surface area (Å²) in [6, 6.07) is 14.3. The van der Waals surface area contributed by atoms with E-state index in [2.05, 4.69) is 16.7 Å². The molecule has 1 saturated heterocycles. The van der Waals surface area contributed by atoms with Crippen molar-refractivity contribution < 1.29 is 19.2 Å². The Balaban J connectivity index is 1.27. The van der Waals surface area contributed by atoms with Crippen LogP contribution in [-0.4, -0.2) is 35.3 Å². The van der Waals surface area contributed by atoms with Crippen molar-refractivity contribution in [2.24, 2.45) is 5.41 Å². The van der Waals surface area contributed by atoms with Gasteiger partial charge in [0.1, 0.15) is 11.9 Å². The number of hydrogen-bond acceptors (Lipinski definition) is 2. The zero-order chi connectivity index (χ0) is 16.6. The molecule has 1 amide bonds. The van der Waals surface area contributed by atoms with Crippen LogP contribution in [0.25, 0.3) is 0 Å². The second-order valence-corrected chi connectivity index (χ2v) is 6.98. The van der Waals surface area contributed by atoms with Gasteiger partial charge in [-0.1, -0.05) is 30.3 Å². The van der Waals surface area contributed by atoms with Crippen LogP contribution < -0.4 is 9.30 Å². The normalized spacial score (nSPS) is 18.8. The fraction of sp³-hybridized carbons (Fsp3) is 0.368. The molecule has 2 heterocycles. The third-order valence-electron chi connectivity index (χ3n) is 5.02. The molecule has 0 unspecified atom stereocenters. The number of rotatable bonds is 4. The van der Waals surface area contributed by atoms with Gasteiger partial charge in [0.15, 0.2) is 18.9 Å². The lowest BCUT2D eigenvalue weighted by atomic mass is 9.62. The number of likely N-dealkylation sites (tertiary alicyclic amines) is 1. The highest BCUT2D eigenvalue weighted by Crippen LogP contribution is 2.49. The van der Waals surface area contributed by atoms with Gasteiger partial charge in [-0.15, -0.1) is 0 Å². The molecular formula is C19H21N2O3+. The highest BCUT2D eigenvalue weighted by Gasteiger charge is 2.54. The molecule has 1 aliphatic heterocycles. The van der Waals surface area contributed by atoms with E-state index in [1.54, 1.807) is 0 Å². The van der Waals surface area contributed by atoms with Gasteiger partial charge in [-0.25, -0.2) is 9.36 Å². The average molecular weight is 325 g/mol. The molecule has 0 bridgehead atoms. The van der Waals surface area contributed by atoms with Crippen LogP contribution in [-0.2, 0) is 6.54 Å². The summed E-state index contributed by atoms with van der Waals surface area (Å²) in [6.45, 7) is 2.17. The number of carboxylic acid groups (broad SMARTS) is 1. The summed E-state index contributed by atoms with van der Waals surface area (Å²) in [5, 5.41) is 8.91. The maximum atomic E-state index is 10.8. The van der Waals surface area contributed by atoms with Gasteiger partial charge in [-0.3, -0.25) is 0 Å². The molecule has 1 saturated carbocycles. The van der Waals surface area contributed by atoms with Crippen LogP contribution in [0.3, 0.4) is 0 Å². The van der Waals surface area contributed by atoms with Crippen molar-refractivity contribution in [1.82, 2.24) is 4.90 Å². The molecule has 4 rings (SSSR count). The minimum atomic E-state index is -0.809. The van der Waals surface area contributed by atoms with Gasteiger partial charge in [0.25, 0.3) is 0 Å². The Morgan fingerprint density at radius 1 is 1.17 bits per heavy atom. The Morgan fingerprint density at radius 2 is 1.83 bits per heavy atom. The number of nitrogens with zero attached hydrogens (tertiary/aromatic N) is 2. The smallest absolute Gasteiger partial charge is 0.407 e. The van der Waals surface area contributed by atoms with E-state index in [0.29, 0.717) is 13.1 Å². The van der Waals surface area contributed by atoms with Gasteiger partial charge < -0.3 is 14.7 Å². The Labute approximate surface area is 141 Å². The van der Waals surface area contributed by atoms with Crippen molar-refractivity contribution in [3.8, 4) is 5.75 Å². The molecular weight excluding hydrogens is 304 g/mol. The Morgan fingerprint density at radius 3 is 2.46 bits per heavy atom. The van der Waals surface area contributed by atoms with E-state index in [4.69, 9.17) is 9.84 Å². The molecule has 2 aromatic rings. The summed E-state index contributed by atoms with van der Waals surface area (Å²) in [5.74, 6) is 0.883. The first-order valence-corrected chi connectivity index (χ1v) is 8.30. The van der Waals surface area contributed by atoms with Gasteiger partial charge in [0.05, 0.1) is 0 Å². The first kappa shape index (κ1) is 15.0. The van der Waals surface area contributed by atoms with E-state index >= 15 is 0 Å². The Kier molecular flexibility index (Phi) is 3.63. The maximum absolute atomic E-state index is 10.8. The monoisotopic (exact) mass is 325 g/mol. The lowest BCUT2D eigenvalue weighted by Gasteiger charge is -2.57. The van der Waals surface area contributed by atoms with E-state index in [-0.39, 0.29) is 11.5 Å². The summed E-state index contributed by atoms with van der Waals surface area (Å²) in [7, 11) is 0. The first-order chi connectivity index (χ1) is 11.6. The Bertz CT molecular complexity index is 716. The lowest BCUT2D eigenvalue weighted by Crippen LogP contribution is -2.65. The van der Waals surface area contributed by atoms with Crippen molar-refractivity contribution in [1.29, 1.82) is 0 Å². The summed E-state index contributed by atoms with van der Waals surface area (Å²) in [6.07, 6.45) is 5.38. The van der Waals surface area contributed by atoms with E-state index in [0.717, 1.165) is 25.1 Å². The minimum Gasteiger partial charge on any atom is -0.490 e. The highest BCUT2D eigenvalue weighted by molar-refractivity contribution is 5.66. The van der Waals surface area contributed by atoms with Gasteiger partial charge in [0.2, 0.25) is 0 Å². The fourth-order valence-corrected chi connectivity index (χ4v) is 3.76. The summed E-state index contributed by atoms with van der Waals surface area (Å²) in [4.78, 5) is 12.3. The second kappa shape index (κ2) is 5.82. The largest absolute Gasteiger partial charge is 0.490 e. The maximum Gasteiger partial charge on any atom is 0.407 e. The van der Waals surface area contributed by atoms with Crippen molar-refractivity contribution in [2.75, 3.05) is 13.1 Å². The lowest BCUT2D eigenvalue weighted by molar-refractivity contribution is -0.688. The SMILES string of the molecule is O=C(O)N1CC2(CC(Oc3cc[n+](Cc4ccccc4)cc3)C2)C1. The standard InChI is InChI=1S/C19H20N2O3/c22-18(23)21-13-19(14-21)10-17(11-19)24-16-6-8-20(9-7-16)12-15-4-2-1-3-5-15/h1-9,17H,10-14H2/p+1. The van der Waals surface area contributed by atoms with E-state index < -0.39 is 6.09 Å². The van der Waals surface area contributed by atoms with E-state index in [1.165, 1.54) is 10.5 Å². The molecule has 1 spiro atoms. The van der Waals surface area contributed by atoms with Crippen LogP contribution >= 0.6 is 0 Å². The topological polar surface area (TPSA) is 53.6 Å². The van der Waals surface area contributed by atoms with Crippen LogP contribution in [0.15, 0.2) is 54.9 Å². The molecule has 1 N–H and O–H groups in total. The molecule has 0 radical (unpaired) electrons. The molecule has 1 aromatic carbocycles. The number of pyridine rings is 1. The second-order valence-electron chi connectivity index (χ2n) is 6.98. The number of amides is 1. The number of hydrogen-bond donors (Lipinski definition) is 1. The quantitative estimate of drug-likeness (QED) is 0.879. The third kappa shape index (κ3) is 2.94. The van der Waals surface area contributed by atoms with Crippen molar-refractivity contribution >= 4 is 6.09 Å². The van der Waals surface area contributed by atoms with Crippen molar-refractivity contribution in [3.63, 3.8) is 0 Å². The van der Waals surface area contributed by atoms with Gasteiger partial charge in [0, 0.05) is 36.2 Å². The fourth-order valence-electron chi connectivity index (χ4n) is 3.76. The van der Waals surface area contributed by atoms with Gasteiger partial charge in [-0.2, -0.15) is 0 Å². The van der Waals surface area contributed by atoms with Crippen LogP contribution in [0.4, 0.5) is 4.79 Å². The van der Waals surface area contributed by atoms with Crippen LogP contribution in [0.1, 0.15) is 18.4 Å². The molecule has 2 aliphatic rings. The molecule has 1 aliphatic carbocycles. The average Bonchev–Trinajstić information content (AvgIpc) is 2.50. The van der Waals surface area contributed by atoms with Gasteiger partial charge >= 0.3 is 6.09 Å². The zero-order valence-electron chi connectivity index (χ0n) is 13.5. The predicted octanol–water partition coefficient (Wildman–Crippen LogP) is 2.54. The molecule has 2 fully saturated rings. The predicted molar refractivity (Wildman–Crippen MR) is 87.9 cm³/mol. The number of carbonyl (C=O) groups is 1. The van der Waals surface area contributed by atoms with Crippen LogP contribution in [0, 0.1) is 5.41 Å². The first-order valence-electron chi connectivity index (χ1n) is 8.30. The van der Waals surface area contributed by atoms with E-state index in [9.17, 15) is 4.79 Å². The summed E-state index contributed by atoms with van der Waals surface area (Å²) in [5.41, 5.74) is 1.45. The third-order valence-corrected chi connectivity index (χ3v) is 5.02. The summed E-state index contributed by atoms with van der Waals surface area (Å²) >= 11 is 0. The molecule has 1 aromatic heterocycles. The van der Waals surface area contributed by atoms with Crippen LogP contribution in [0.5, 0.6) is 5.75 Å². The Hall–Kier alpha value is -2.56. The molecule has 24 heavy (non-hydrogen) atoms.